The lowest BCUT2D eigenvalue weighted by Gasteiger charge is -2.14. The highest BCUT2D eigenvalue weighted by molar-refractivity contribution is 5.85. The van der Waals surface area contributed by atoms with Gasteiger partial charge in [0.05, 0.1) is 19.3 Å². The Morgan fingerprint density at radius 2 is 2.19 bits per heavy atom. The molecule has 0 aromatic rings. The van der Waals surface area contributed by atoms with E-state index in [2.05, 4.69) is 10.5 Å². The molecule has 0 fully saturated rings. The van der Waals surface area contributed by atoms with Crippen LogP contribution >= 0.6 is 0 Å². The molecule has 0 aromatic carbocycles. The summed E-state index contributed by atoms with van der Waals surface area (Å²) in [4.78, 5) is 0. The van der Waals surface area contributed by atoms with Crippen LogP contribution in [0.2, 0.25) is 0 Å². The van der Waals surface area contributed by atoms with Crippen LogP contribution in [0.15, 0.2) is 5.16 Å². The van der Waals surface area contributed by atoms with Crippen LogP contribution in [-0.4, -0.2) is 50.6 Å². The van der Waals surface area contributed by atoms with Gasteiger partial charge in [0.25, 0.3) is 0 Å². The molecule has 1 atom stereocenters. The summed E-state index contributed by atoms with van der Waals surface area (Å²) in [6.07, 6.45) is 1.68. The highest BCUT2D eigenvalue weighted by Crippen LogP contribution is 1.91. The molecule has 0 saturated heterocycles. The molecule has 0 aromatic heterocycles. The van der Waals surface area contributed by atoms with Crippen LogP contribution < -0.4 is 11.1 Å². The SMILES string of the molecule is CCC(NCCCOCCOC)C(N)=NO. The first-order chi connectivity index (χ1) is 7.76. The maximum atomic E-state index is 8.52. The number of nitrogens with zero attached hydrogens (tertiary/aromatic N) is 1. The molecule has 4 N–H and O–H groups in total. The standard InChI is InChI=1S/C10H23N3O3/c1-3-9(10(11)13-14)12-5-4-6-16-8-7-15-2/h9,12,14H,3-8H2,1-2H3,(H2,11,13). The maximum Gasteiger partial charge on any atom is 0.156 e. The van der Waals surface area contributed by atoms with Crippen LogP contribution in [-0.2, 0) is 9.47 Å². The minimum absolute atomic E-state index is 0.0658. The summed E-state index contributed by atoms with van der Waals surface area (Å²) in [7, 11) is 1.65. The Bertz CT molecular complexity index is 188. The zero-order chi connectivity index (χ0) is 12.2. The van der Waals surface area contributed by atoms with Crippen LogP contribution in [0, 0.1) is 0 Å². The molecule has 0 radical (unpaired) electrons. The van der Waals surface area contributed by atoms with Crippen molar-refractivity contribution in [2.45, 2.75) is 25.8 Å². The lowest BCUT2D eigenvalue weighted by atomic mass is 10.2. The molecule has 1 unspecified atom stereocenters. The lowest BCUT2D eigenvalue weighted by molar-refractivity contribution is 0.0694. The van der Waals surface area contributed by atoms with Gasteiger partial charge in [-0.2, -0.15) is 0 Å². The number of ether oxygens (including phenoxy) is 2. The molecule has 0 aliphatic rings. The molecule has 16 heavy (non-hydrogen) atoms. The van der Waals surface area contributed by atoms with Crippen molar-refractivity contribution < 1.29 is 14.7 Å². The predicted molar refractivity (Wildman–Crippen MR) is 62.8 cm³/mol. The molecule has 0 saturated carbocycles. The number of nitrogens with two attached hydrogens (primary N) is 1. The smallest absolute Gasteiger partial charge is 0.156 e. The first-order valence-corrected chi connectivity index (χ1v) is 5.53. The van der Waals surface area contributed by atoms with E-state index < -0.39 is 0 Å². The van der Waals surface area contributed by atoms with Gasteiger partial charge in [0.2, 0.25) is 0 Å². The summed E-state index contributed by atoms with van der Waals surface area (Å²) in [5, 5.41) is 14.7. The molecule has 0 rings (SSSR count). The first kappa shape index (κ1) is 15.2. The molecule has 6 nitrogen and oxygen atoms in total. The third-order valence-corrected chi connectivity index (χ3v) is 2.17. The zero-order valence-electron chi connectivity index (χ0n) is 10.1. The second kappa shape index (κ2) is 10.7. The van der Waals surface area contributed by atoms with Crippen molar-refractivity contribution in [3.63, 3.8) is 0 Å². The van der Waals surface area contributed by atoms with Crippen LogP contribution in [0.3, 0.4) is 0 Å². The third kappa shape index (κ3) is 7.44. The Balaban J connectivity index is 3.42. The maximum absolute atomic E-state index is 8.52. The summed E-state index contributed by atoms with van der Waals surface area (Å²) in [6, 6.07) is -0.0658. The second-order valence-corrected chi connectivity index (χ2v) is 3.40. The van der Waals surface area contributed by atoms with E-state index in [1.54, 1.807) is 7.11 Å². The number of methoxy groups -OCH3 is 1. The van der Waals surface area contributed by atoms with Crippen molar-refractivity contribution in [3.05, 3.63) is 0 Å². The fourth-order valence-electron chi connectivity index (χ4n) is 1.22. The predicted octanol–water partition coefficient (Wildman–Crippen LogP) is 0.154. The van der Waals surface area contributed by atoms with Crippen molar-refractivity contribution in [2.24, 2.45) is 10.9 Å². The molecular formula is C10H23N3O3. The fourth-order valence-corrected chi connectivity index (χ4v) is 1.22. The third-order valence-electron chi connectivity index (χ3n) is 2.17. The largest absolute Gasteiger partial charge is 0.409 e. The van der Waals surface area contributed by atoms with Gasteiger partial charge in [-0.05, 0) is 19.4 Å². The molecular weight excluding hydrogens is 210 g/mol. The topological polar surface area (TPSA) is 89.1 Å². The molecule has 0 bridgehead atoms. The number of rotatable bonds is 10. The summed E-state index contributed by atoms with van der Waals surface area (Å²) in [5.41, 5.74) is 5.50. The molecule has 0 heterocycles. The molecule has 6 heteroatoms. The molecule has 96 valence electrons. The number of hydrogen-bond donors (Lipinski definition) is 3. The van der Waals surface area contributed by atoms with Gasteiger partial charge >= 0.3 is 0 Å². The summed E-state index contributed by atoms with van der Waals surface area (Å²) < 4.78 is 10.1. The average molecular weight is 233 g/mol. The highest BCUT2D eigenvalue weighted by Gasteiger charge is 2.09. The van der Waals surface area contributed by atoms with E-state index in [4.69, 9.17) is 20.4 Å². The van der Waals surface area contributed by atoms with Gasteiger partial charge < -0.3 is 25.7 Å². The number of oxime groups is 1. The van der Waals surface area contributed by atoms with E-state index in [-0.39, 0.29) is 11.9 Å². The van der Waals surface area contributed by atoms with E-state index in [0.717, 1.165) is 19.4 Å². The van der Waals surface area contributed by atoms with E-state index in [1.165, 1.54) is 0 Å². The minimum atomic E-state index is -0.0658. The van der Waals surface area contributed by atoms with Gasteiger partial charge in [-0.25, -0.2) is 0 Å². The Hall–Kier alpha value is -0.850. The first-order valence-electron chi connectivity index (χ1n) is 5.53. The Morgan fingerprint density at radius 3 is 2.75 bits per heavy atom. The number of amidine groups is 1. The normalized spacial score (nSPS) is 14.0. The molecule has 0 aliphatic carbocycles. The van der Waals surface area contributed by atoms with Gasteiger partial charge in [-0.3, -0.25) is 0 Å². The molecule has 0 amide bonds. The second-order valence-electron chi connectivity index (χ2n) is 3.40. The summed E-state index contributed by atoms with van der Waals surface area (Å²) >= 11 is 0. The quantitative estimate of drug-likeness (QED) is 0.164. The van der Waals surface area contributed by atoms with Crippen molar-refractivity contribution >= 4 is 5.84 Å². The zero-order valence-corrected chi connectivity index (χ0v) is 10.1. The number of nitrogens with one attached hydrogen (secondary N) is 1. The highest BCUT2D eigenvalue weighted by atomic mass is 16.5. The number of hydrogen-bond acceptors (Lipinski definition) is 5. The van der Waals surface area contributed by atoms with Crippen LogP contribution in [0.1, 0.15) is 19.8 Å². The van der Waals surface area contributed by atoms with Gasteiger partial charge in [0.1, 0.15) is 0 Å². The van der Waals surface area contributed by atoms with Crippen molar-refractivity contribution in [1.29, 1.82) is 0 Å². The lowest BCUT2D eigenvalue weighted by Crippen LogP contribution is -2.41. The van der Waals surface area contributed by atoms with E-state index in [9.17, 15) is 0 Å². The van der Waals surface area contributed by atoms with E-state index >= 15 is 0 Å². The Morgan fingerprint density at radius 1 is 1.44 bits per heavy atom. The molecule has 0 aliphatic heterocycles. The summed E-state index contributed by atoms with van der Waals surface area (Å²) in [5.74, 6) is 0.225. The van der Waals surface area contributed by atoms with Gasteiger partial charge in [-0.1, -0.05) is 12.1 Å². The Kier molecular flexibility index (Phi) is 10.1. The van der Waals surface area contributed by atoms with Gasteiger partial charge in [-0.15, -0.1) is 0 Å². The van der Waals surface area contributed by atoms with Crippen LogP contribution in [0.4, 0.5) is 0 Å². The fraction of sp³-hybridized carbons (Fsp3) is 0.900. The van der Waals surface area contributed by atoms with Crippen molar-refractivity contribution in [2.75, 3.05) is 33.5 Å². The monoisotopic (exact) mass is 233 g/mol. The minimum Gasteiger partial charge on any atom is -0.409 e. The molecule has 0 spiro atoms. The van der Waals surface area contributed by atoms with Crippen molar-refractivity contribution in [1.82, 2.24) is 5.32 Å². The van der Waals surface area contributed by atoms with Crippen molar-refractivity contribution in [3.8, 4) is 0 Å². The van der Waals surface area contributed by atoms with Crippen LogP contribution in [0.25, 0.3) is 0 Å². The van der Waals surface area contributed by atoms with Gasteiger partial charge in [0, 0.05) is 13.7 Å². The Labute approximate surface area is 96.8 Å². The van der Waals surface area contributed by atoms with E-state index in [0.29, 0.717) is 19.8 Å². The van der Waals surface area contributed by atoms with E-state index in [1.807, 2.05) is 6.92 Å². The summed E-state index contributed by atoms with van der Waals surface area (Å²) in [6.45, 7) is 4.68. The van der Waals surface area contributed by atoms with Crippen LogP contribution in [0.5, 0.6) is 0 Å². The van der Waals surface area contributed by atoms with Gasteiger partial charge in [0.15, 0.2) is 5.84 Å². The average Bonchev–Trinajstić information content (AvgIpc) is 2.32.